The van der Waals surface area contributed by atoms with Crippen LogP contribution in [0.4, 0.5) is 0 Å². The molecule has 54 heteroatoms. The third kappa shape index (κ3) is 25.6. The van der Waals surface area contributed by atoms with Crippen molar-refractivity contribution in [2.75, 3.05) is 46.6 Å². The number of benzene rings is 2. The number of aromatic hydroxyl groups is 4. The second kappa shape index (κ2) is 47.5. The van der Waals surface area contributed by atoms with Gasteiger partial charge in [-0.15, -0.1) is 0 Å². The Morgan fingerprint density at radius 3 is 0.934 bits per heavy atom. The van der Waals surface area contributed by atoms with Crippen LogP contribution in [0.15, 0.2) is 60.7 Å². The largest absolute Gasteiger partial charge is 0.504 e. The Morgan fingerprint density at radius 2 is 0.625 bits per heavy atom. The zero-order chi connectivity index (χ0) is 100. The number of aliphatic carboxylic acids is 2. The van der Waals surface area contributed by atoms with Crippen molar-refractivity contribution in [3.05, 3.63) is 71.8 Å². The van der Waals surface area contributed by atoms with Gasteiger partial charge in [-0.3, -0.25) is 28.8 Å². The van der Waals surface area contributed by atoms with Crippen LogP contribution in [0.1, 0.15) is 59.6 Å². The van der Waals surface area contributed by atoms with Gasteiger partial charge in [0, 0.05) is 59.0 Å². The van der Waals surface area contributed by atoms with Crippen molar-refractivity contribution < 1.29 is 235 Å². The average Bonchev–Trinajstić information content (AvgIpc) is 0.770. The zero-order valence-electron chi connectivity index (χ0n) is 74.0. The lowest BCUT2D eigenvalue weighted by Crippen LogP contribution is -2.72. The number of amides is 6. The summed E-state index contributed by atoms with van der Waals surface area (Å²) in [4.78, 5) is 134. The van der Waals surface area contributed by atoms with Crippen LogP contribution in [0.3, 0.4) is 0 Å². The molecule has 0 aliphatic carbocycles. The van der Waals surface area contributed by atoms with Gasteiger partial charge in [0.1, 0.15) is 178 Å². The first-order valence-corrected chi connectivity index (χ1v) is 42.6. The number of carboxylic acid groups (broad SMARTS) is 2. The molecule has 8 fully saturated rings. The van der Waals surface area contributed by atoms with E-state index in [1.807, 2.05) is 0 Å². The van der Waals surface area contributed by atoms with Crippen LogP contribution in [0.5, 0.6) is 23.0 Å². The van der Waals surface area contributed by atoms with Crippen LogP contribution >= 0.6 is 0 Å². The van der Waals surface area contributed by atoms with E-state index in [0.29, 0.717) is 5.56 Å². The molecular formula is C82H116N6O48. The molecule has 136 heavy (non-hydrogen) atoms. The third-order valence-corrected chi connectivity index (χ3v) is 23.3. The number of hydrogen-bond acceptors (Lipinski definition) is 46. The number of carboxylic acids is 2. The lowest BCUT2D eigenvalue weighted by molar-refractivity contribution is -0.379. The Labute approximate surface area is 771 Å². The normalized spacial score (nSPS) is 38.5. The lowest BCUT2D eigenvalue weighted by Gasteiger charge is -2.51. The zero-order valence-corrected chi connectivity index (χ0v) is 74.0. The van der Waals surface area contributed by atoms with Gasteiger partial charge >= 0.3 is 23.9 Å². The summed E-state index contributed by atoms with van der Waals surface area (Å²) in [5.74, 6) is -14.6. The Bertz CT molecular complexity index is 4500. The Morgan fingerprint density at radius 1 is 0.346 bits per heavy atom. The summed E-state index contributed by atoms with van der Waals surface area (Å²) in [5, 5.41) is 242. The quantitative estimate of drug-likeness (QED) is 0.0170. The van der Waals surface area contributed by atoms with Gasteiger partial charge in [-0.25, -0.2) is 19.2 Å². The number of ether oxygens (including phenoxy) is 18. The number of nitrogens with one attached hydrogen (secondary N) is 6. The fourth-order valence-corrected chi connectivity index (χ4v) is 16.4. The highest BCUT2D eigenvalue weighted by atomic mass is 16.8. The van der Waals surface area contributed by atoms with Gasteiger partial charge < -0.3 is 219 Å². The highest BCUT2D eigenvalue weighted by Crippen LogP contribution is 2.41. The fraction of sp³-hybridized carbons (Fsp3) is 0.683. The van der Waals surface area contributed by atoms with Crippen molar-refractivity contribution in [1.29, 1.82) is 0 Å². The topological polar surface area (TPSA) is 814 Å². The summed E-state index contributed by atoms with van der Waals surface area (Å²) in [7, 11) is 0.975. The summed E-state index contributed by atoms with van der Waals surface area (Å²) in [6.07, 6.45) is -81.1. The van der Waals surface area contributed by atoms with Crippen molar-refractivity contribution >= 4 is 59.3 Å². The first-order chi connectivity index (χ1) is 64.1. The second-order valence-corrected chi connectivity index (χ2v) is 33.4. The van der Waals surface area contributed by atoms with Gasteiger partial charge in [-0.1, -0.05) is 25.3 Å². The van der Waals surface area contributed by atoms with Crippen molar-refractivity contribution in [2.24, 2.45) is 0 Å². The van der Waals surface area contributed by atoms with Gasteiger partial charge in [0.15, 0.2) is 91.4 Å². The van der Waals surface area contributed by atoms with E-state index in [-0.39, 0.29) is 36.1 Å². The number of carbonyl (C=O) groups excluding carboxylic acids is 8. The van der Waals surface area contributed by atoms with Crippen LogP contribution in [0.25, 0.3) is 0 Å². The van der Waals surface area contributed by atoms with Gasteiger partial charge in [-0.05, 0) is 69.0 Å². The number of aliphatic hydroxyl groups excluding tert-OH is 14. The van der Waals surface area contributed by atoms with E-state index in [2.05, 4.69) is 45.1 Å². The van der Waals surface area contributed by atoms with E-state index >= 15 is 4.79 Å². The van der Waals surface area contributed by atoms with Crippen molar-refractivity contribution in [1.82, 2.24) is 31.9 Å². The molecule has 2 aromatic rings. The summed E-state index contributed by atoms with van der Waals surface area (Å²) in [6, 6.07) is -0.474. The maximum absolute atomic E-state index is 15.2. The van der Waals surface area contributed by atoms with E-state index < -0.39 is 361 Å². The summed E-state index contributed by atoms with van der Waals surface area (Å²) in [6.45, 7) is 9.72. The molecule has 0 bridgehead atoms. The number of phenolic OH excluding ortho intramolecular Hbond substituents is 4. The molecular weight excluding hydrogens is 1840 g/mol. The minimum Gasteiger partial charge on any atom is -0.504 e. The predicted octanol–water partition coefficient (Wildman–Crippen LogP) is -12.2. The molecule has 40 atom stereocenters. The van der Waals surface area contributed by atoms with E-state index in [1.165, 1.54) is 32.9 Å². The minimum atomic E-state index is -2.68. The maximum Gasteiger partial charge on any atom is 0.335 e. The highest BCUT2D eigenvalue weighted by Gasteiger charge is 2.63. The van der Waals surface area contributed by atoms with E-state index in [4.69, 9.17) is 85.3 Å². The molecule has 0 aromatic heterocycles. The van der Waals surface area contributed by atoms with E-state index in [0.717, 1.165) is 59.1 Å². The van der Waals surface area contributed by atoms with E-state index in [9.17, 15) is 145 Å². The molecule has 8 saturated heterocycles. The number of rotatable bonds is 37. The average molecular weight is 1950 g/mol. The van der Waals surface area contributed by atoms with Crippen LogP contribution in [-0.4, -0.2) is 453 Å². The molecule has 16 unspecified atom stereocenters. The van der Waals surface area contributed by atoms with E-state index in [1.54, 1.807) is 0 Å². The molecule has 6 amide bonds. The predicted molar refractivity (Wildman–Crippen MR) is 436 cm³/mol. The molecule has 8 aliphatic rings. The van der Waals surface area contributed by atoms with Crippen molar-refractivity contribution in [2.45, 2.75) is 307 Å². The Hall–Kier alpha value is -9.38. The minimum absolute atomic E-state index is 0.0472. The summed E-state index contributed by atoms with van der Waals surface area (Å²) < 4.78 is 106. The number of phenols is 4. The lowest BCUT2D eigenvalue weighted by atomic mass is 9.92. The highest BCUT2D eigenvalue weighted by molar-refractivity contribution is 5.87. The number of methoxy groups -OCH3 is 1. The molecule has 8 heterocycles. The first kappa shape index (κ1) is 109. The molecule has 10 rings (SSSR count). The summed E-state index contributed by atoms with van der Waals surface area (Å²) >= 11 is 0. The maximum atomic E-state index is 15.2. The molecule has 8 aliphatic heterocycles. The fourth-order valence-electron chi connectivity index (χ4n) is 16.4. The van der Waals surface area contributed by atoms with Gasteiger partial charge in [0.25, 0.3) is 11.8 Å². The molecule has 54 nitrogen and oxygen atoms in total. The van der Waals surface area contributed by atoms with Crippen molar-refractivity contribution in [3.63, 3.8) is 0 Å². The molecule has 0 spiro atoms. The number of esters is 2. The molecule has 0 radical (unpaired) electrons. The molecule has 0 saturated carbocycles. The Balaban J connectivity index is 0.968. The smallest absolute Gasteiger partial charge is 0.335 e. The van der Waals surface area contributed by atoms with Crippen LogP contribution < -0.4 is 31.9 Å². The standard InChI is InChI=1S/C82H116N6O48/c1-25(2)74(117)120-23-40-48(101)58(42(27(5)122-40)85-28(6)91)126-79-55(108)51(104)63(66(133-79)70(111)83-17-15-32-11-13-34(95)36(97)19-32)130-76-43(86-29(7)92)59(46(99)38(21-89)123-76)127-80-56(109)52(105)64(67(134-80)71(112)84-18-16-33-12-14-35(96)37(98)20-33)131-78-45(88-31(9)94)61(49(102)41(125-78)24-121-75(118)26(3)4)129-82-57(110)53(106)65(69(136-82)73(115)116)132-77-44(87-30(8)93)60(47(100)39(22-90)124-77)128-81-54(107)50(103)62(119-10)68(135-81)72(113)114/h11-14,19-20,27,38-69,76-82,89-90,95-110H,1,3,15-18,21-24H2,2,4-10H3,(H,83,111)(H,84,112)(H,85,91)(H,86,92)(H,87,93)(H,88,94)(H,113,114)(H,115,116)/t27-,38?,39?,40?,41?,42?,43?,44?,45?,46+,47+,48+,49+,50+,51+,52+,53+,54?,55?,56?,57?,58+,59+,60+,61+,62-,63-,64-,65-,66?,67?,68?,69?,76-,77-,78-,79+,80+,81+,82+/m0/s1. The van der Waals surface area contributed by atoms with Gasteiger partial charge in [0.05, 0.1) is 25.4 Å². The van der Waals surface area contributed by atoms with Gasteiger partial charge in [-0.2, -0.15) is 0 Å². The molecule has 26 N–H and O–H groups in total. The first-order valence-electron chi connectivity index (χ1n) is 42.6. The van der Waals surface area contributed by atoms with Crippen LogP contribution in [0, 0.1) is 0 Å². The number of carbonyl (C=O) groups is 10. The molecule has 762 valence electrons. The monoisotopic (exact) mass is 1950 g/mol. The number of aliphatic hydroxyl groups is 14. The number of hydrogen-bond donors (Lipinski definition) is 26. The molecule has 2 aromatic carbocycles. The second-order valence-electron chi connectivity index (χ2n) is 33.4. The third-order valence-electron chi connectivity index (χ3n) is 23.3. The van der Waals surface area contributed by atoms with Crippen LogP contribution in [0.2, 0.25) is 0 Å². The SMILES string of the molecule is C=C(C)C(=O)OCC1O[C@@H](O[C@@H]2C(C(=O)NCCc3ccc(O)c(O)c3)O[C@@H](O[C@@H]3C(NC(C)=O)[C@H](O[C@@H]4C(C(=O)NCCc5ccc(O)c(O)c5)O[C@@H](O[C@@H]5C(NC(C)=O)[C@H](C)OC(COC(=O)C(=C)C)[C@H]5O)C(O)[C@H]4O)OC(CO)[C@H]3O)C(O)[C@H]2O)C(NC(C)=O)[C@@H](O[C@@H]2OC(C(=O)O)[C@@H](O[C@@H]3OC(CO)[C@@H](O)[C@H](O[C@@H]4OC(C(=O)O)[C@@H](OC)[C@H](O)C4O)C3NC(C)=O)[C@H](O)C2O)[C@@H]1O. The summed E-state index contributed by atoms with van der Waals surface area (Å²) in [5.41, 5.74) is 0.262. The Kier molecular flexibility index (Phi) is 38.0. The van der Waals surface area contributed by atoms with Crippen molar-refractivity contribution in [3.8, 4) is 23.0 Å². The van der Waals surface area contributed by atoms with Gasteiger partial charge in [0.2, 0.25) is 23.6 Å². The van der Waals surface area contributed by atoms with Crippen LogP contribution in [-0.2, 0) is 146 Å².